The van der Waals surface area contributed by atoms with Crippen molar-refractivity contribution >= 4 is 28.3 Å². The highest BCUT2D eigenvalue weighted by Gasteiger charge is 2.16. The van der Waals surface area contributed by atoms with Gasteiger partial charge in [-0.25, -0.2) is 9.97 Å². The fraction of sp³-hybridized carbons (Fsp3) is 0.167. The third-order valence-electron chi connectivity index (χ3n) is 5.07. The molecule has 4 rings (SSSR count). The van der Waals surface area contributed by atoms with Gasteiger partial charge in [0.1, 0.15) is 11.6 Å². The first-order valence-corrected chi connectivity index (χ1v) is 10.1. The Morgan fingerprint density at radius 3 is 2.47 bits per heavy atom. The van der Waals surface area contributed by atoms with Crippen molar-refractivity contribution < 1.29 is 10.2 Å². The van der Waals surface area contributed by atoms with Crippen LogP contribution in [0.15, 0.2) is 72.8 Å². The molecule has 0 radical (unpaired) electrons. The second kappa shape index (κ2) is 8.69. The predicted molar refractivity (Wildman–Crippen MR) is 121 cm³/mol. The zero-order valence-electron chi connectivity index (χ0n) is 16.5. The Hall–Kier alpha value is -3.15. The molecule has 0 aliphatic heterocycles. The van der Waals surface area contributed by atoms with E-state index in [4.69, 9.17) is 16.6 Å². The van der Waals surface area contributed by atoms with Gasteiger partial charge in [0.2, 0.25) is 0 Å². The van der Waals surface area contributed by atoms with Crippen molar-refractivity contribution in [3.05, 3.63) is 83.4 Å². The highest BCUT2D eigenvalue weighted by molar-refractivity contribution is 6.31. The highest BCUT2D eigenvalue weighted by Crippen LogP contribution is 2.32. The summed E-state index contributed by atoms with van der Waals surface area (Å²) in [6.45, 7) is 0.588. The molecule has 2 N–H and O–H groups in total. The van der Waals surface area contributed by atoms with Crippen molar-refractivity contribution in [2.45, 2.75) is 12.5 Å². The molecule has 0 aliphatic carbocycles. The third kappa shape index (κ3) is 4.22. The molecule has 0 saturated heterocycles. The van der Waals surface area contributed by atoms with E-state index in [1.54, 1.807) is 24.3 Å². The highest BCUT2D eigenvalue weighted by atomic mass is 35.5. The van der Waals surface area contributed by atoms with Crippen molar-refractivity contribution in [1.29, 1.82) is 0 Å². The van der Waals surface area contributed by atoms with E-state index < -0.39 is 6.10 Å². The van der Waals surface area contributed by atoms with E-state index in [9.17, 15) is 10.2 Å². The van der Waals surface area contributed by atoms with E-state index in [0.717, 1.165) is 16.8 Å². The maximum absolute atomic E-state index is 10.5. The number of anilines is 1. The van der Waals surface area contributed by atoms with E-state index in [-0.39, 0.29) is 5.75 Å². The summed E-state index contributed by atoms with van der Waals surface area (Å²) in [5.41, 5.74) is 2.14. The molecule has 3 aromatic carbocycles. The van der Waals surface area contributed by atoms with Crippen LogP contribution < -0.4 is 4.90 Å². The number of aromatic hydroxyl groups is 1. The van der Waals surface area contributed by atoms with Gasteiger partial charge in [-0.15, -0.1) is 0 Å². The molecule has 0 aliphatic rings. The molecule has 30 heavy (non-hydrogen) atoms. The van der Waals surface area contributed by atoms with Gasteiger partial charge < -0.3 is 15.1 Å². The molecule has 6 heteroatoms. The Labute approximate surface area is 180 Å². The quantitative estimate of drug-likeness (QED) is 0.448. The lowest BCUT2D eigenvalue weighted by Crippen LogP contribution is -2.22. The van der Waals surface area contributed by atoms with Crippen molar-refractivity contribution in [1.82, 2.24) is 9.97 Å². The lowest BCUT2D eigenvalue weighted by atomic mass is 10.1. The zero-order chi connectivity index (χ0) is 21.1. The first-order chi connectivity index (χ1) is 14.5. The molecular formula is C24H22ClN3O2. The minimum absolute atomic E-state index is 0.118. The van der Waals surface area contributed by atoms with Gasteiger partial charge in [0.25, 0.3) is 0 Å². The number of rotatable bonds is 6. The molecule has 4 aromatic rings. The smallest absolute Gasteiger partial charge is 0.165 e. The lowest BCUT2D eigenvalue weighted by molar-refractivity contribution is 0.170. The number of para-hydroxylation sites is 1. The largest absolute Gasteiger partial charge is 0.507 e. The van der Waals surface area contributed by atoms with Crippen LogP contribution >= 0.6 is 11.6 Å². The van der Waals surface area contributed by atoms with Crippen molar-refractivity contribution in [3.8, 4) is 17.1 Å². The number of fused-ring (bicyclic) bond motifs is 1. The fourth-order valence-corrected chi connectivity index (χ4v) is 3.59. The van der Waals surface area contributed by atoms with E-state index in [1.807, 2.05) is 60.5 Å². The lowest BCUT2D eigenvalue weighted by Gasteiger charge is -2.22. The average Bonchev–Trinajstić information content (AvgIpc) is 2.77. The minimum Gasteiger partial charge on any atom is -0.507 e. The summed E-state index contributed by atoms with van der Waals surface area (Å²) in [5, 5.41) is 22.2. The van der Waals surface area contributed by atoms with E-state index in [1.165, 1.54) is 0 Å². The zero-order valence-corrected chi connectivity index (χ0v) is 17.3. The molecule has 0 bridgehead atoms. The SMILES string of the molecule is CN(CCC(O)c1ccccc1)c1nc(-c2ccccc2O)nc2cc(Cl)ccc12. The van der Waals surface area contributed by atoms with E-state index in [0.29, 0.717) is 34.9 Å². The maximum atomic E-state index is 10.5. The van der Waals surface area contributed by atoms with Gasteiger partial charge in [-0.3, -0.25) is 0 Å². The van der Waals surface area contributed by atoms with Crippen molar-refractivity contribution in [2.75, 3.05) is 18.5 Å². The van der Waals surface area contributed by atoms with Crippen LogP contribution in [0.4, 0.5) is 5.82 Å². The van der Waals surface area contributed by atoms with Crippen LogP contribution in [0, 0.1) is 0 Å². The molecule has 0 saturated carbocycles. The van der Waals surface area contributed by atoms with Gasteiger partial charge in [-0.1, -0.05) is 54.1 Å². The number of benzene rings is 3. The molecule has 1 unspecified atom stereocenters. The average molecular weight is 420 g/mol. The first kappa shape index (κ1) is 20.1. The fourth-order valence-electron chi connectivity index (χ4n) is 3.42. The summed E-state index contributed by atoms with van der Waals surface area (Å²) in [4.78, 5) is 11.4. The van der Waals surface area contributed by atoms with Gasteiger partial charge in [0.05, 0.1) is 17.2 Å². The van der Waals surface area contributed by atoms with Crippen LogP contribution in [0.5, 0.6) is 5.75 Å². The third-order valence-corrected chi connectivity index (χ3v) is 5.30. The second-order valence-corrected chi connectivity index (χ2v) is 7.62. The van der Waals surface area contributed by atoms with Gasteiger partial charge in [-0.05, 0) is 42.3 Å². The Kier molecular flexibility index (Phi) is 5.84. The van der Waals surface area contributed by atoms with Crippen LogP contribution in [0.1, 0.15) is 18.1 Å². The monoisotopic (exact) mass is 419 g/mol. The van der Waals surface area contributed by atoms with Crippen LogP contribution in [-0.2, 0) is 0 Å². The van der Waals surface area contributed by atoms with Gasteiger partial charge in [0.15, 0.2) is 5.82 Å². The Bertz CT molecular complexity index is 1170. The molecule has 0 spiro atoms. The molecule has 0 fully saturated rings. The minimum atomic E-state index is -0.561. The van der Waals surface area contributed by atoms with Crippen LogP contribution in [0.3, 0.4) is 0 Å². The number of aliphatic hydroxyl groups excluding tert-OH is 1. The topological polar surface area (TPSA) is 69.5 Å². The summed E-state index contributed by atoms with van der Waals surface area (Å²) in [6.07, 6.45) is -0.0141. The Morgan fingerprint density at radius 2 is 1.70 bits per heavy atom. The molecule has 1 atom stereocenters. The number of halogens is 1. The molecule has 152 valence electrons. The number of nitrogens with zero attached hydrogens (tertiary/aromatic N) is 3. The van der Waals surface area contributed by atoms with E-state index >= 15 is 0 Å². The molecule has 0 amide bonds. The van der Waals surface area contributed by atoms with Crippen LogP contribution in [-0.4, -0.2) is 33.8 Å². The molecule has 1 aromatic heterocycles. The maximum Gasteiger partial charge on any atom is 0.165 e. The van der Waals surface area contributed by atoms with Crippen molar-refractivity contribution in [3.63, 3.8) is 0 Å². The predicted octanol–water partition coefficient (Wildman–Crippen LogP) is 5.22. The Balaban J connectivity index is 1.69. The standard InChI is InChI=1S/C24H22ClN3O2/c1-28(14-13-21(29)16-7-3-2-4-8-16)24-18-12-11-17(25)15-20(18)26-23(27-24)19-9-5-6-10-22(19)30/h2-12,15,21,29-30H,13-14H2,1H3. The number of aromatic nitrogens is 2. The molecule has 5 nitrogen and oxygen atoms in total. The summed E-state index contributed by atoms with van der Waals surface area (Å²) < 4.78 is 0. The van der Waals surface area contributed by atoms with Gasteiger partial charge in [-0.2, -0.15) is 0 Å². The summed E-state index contributed by atoms with van der Waals surface area (Å²) in [6, 6.07) is 22.1. The van der Waals surface area contributed by atoms with Crippen LogP contribution in [0.25, 0.3) is 22.3 Å². The second-order valence-electron chi connectivity index (χ2n) is 7.19. The van der Waals surface area contributed by atoms with Gasteiger partial charge >= 0.3 is 0 Å². The summed E-state index contributed by atoms with van der Waals surface area (Å²) >= 11 is 6.19. The van der Waals surface area contributed by atoms with Crippen LogP contribution in [0.2, 0.25) is 5.02 Å². The summed E-state index contributed by atoms with van der Waals surface area (Å²) in [7, 11) is 1.93. The normalized spacial score (nSPS) is 12.1. The number of phenolic OH excluding ortho intramolecular Hbond substituents is 1. The molecule has 1 heterocycles. The summed E-state index contributed by atoms with van der Waals surface area (Å²) in [5.74, 6) is 1.26. The molecular weight excluding hydrogens is 398 g/mol. The number of hydrogen-bond acceptors (Lipinski definition) is 5. The van der Waals surface area contributed by atoms with Crippen molar-refractivity contribution in [2.24, 2.45) is 0 Å². The first-order valence-electron chi connectivity index (χ1n) is 9.73. The number of aliphatic hydroxyl groups is 1. The number of hydrogen-bond donors (Lipinski definition) is 2. The number of phenols is 1. The Morgan fingerprint density at radius 1 is 0.967 bits per heavy atom. The van der Waals surface area contributed by atoms with Gasteiger partial charge in [0, 0.05) is 24.0 Å². The van der Waals surface area contributed by atoms with E-state index in [2.05, 4.69) is 4.98 Å².